The number of benzene rings is 4. The van der Waals surface area contributed by atoms with Crippen molar-refractivity contribution in [2.75, 3.05) is 27.7 Å². The highest BCUT2D eigenvalue weighted by molar-refractivity contribution is 9.10. The zero-order valence-corrected chi connectivity index (χ0v) is 22.3. The largest absolute Gasteiger partial charge is 0.496 e. The minimum absolute atomic E-state index is 0.410. The Hall–Kier alpha value is -3.12. The van der Waals surface area contributed by atoms with E-state index < -0.39 is 11.5 Å². The molecule has 0 aliphatic rings. The summed E-state index contributed by atoms with van der Waals surface area (Å²) in [5.41, 5.74) is 2.14. The van der Waals surface area contributed by atoms with Crippen molar-refractivity contribution >= 4 is 37.7 Å². The molecule has 0 amide bonds. The first-order chi connectivity index (χ1) is 17.4. The number of nitrogens with zero attached hydrogens (tertiary/aromatic N) is 1. The summed E-state index contributed by atoms with van der Waals surface area (Å²) in [6, 6.07) is 28.6. The number of aliphatic hydroxyl groups is 1. The molecule has 1 heterocycles. The van der Waals surface area contributed by atoms with Crippen LogP contribution in [-0.2, 0) is 5.60 Å². The molecule has 4 nitrogen and oxygen atoms in total. The molecule has 0 aliphatic heterocycles. The standard InChI is InChI=1S/C31H30BrNO3/c1-33(2)16-15-31(34,27-11-7-10-22-14-17-36-30(22)27)29(21-8-5-4-6-9-21)26-19-24-18-25(32)13-12-23(24)20-28(26)35-3/h4-14,17-20,29,34H,15-16H2,1-3H3/t29-,31-/m1/s1. The molecule has 5 heteroatoms. The highest BCUT2D eigenvalue weighted by Crippen LogP contribution is 2.49. The molecule has 5 rings (SSSR count). The Balaban J connectivity index is 1.83. The molecule has 2 atom stereocenters. The van der Waals surface area contributed by atoms with Crippen molar-refractivity contribution in [3.8, 4) is 5.75 Å². The Morgan fingerprint density at radius 3 is 2.47 bits per heavy atom. The molecular formula is C31H30BrNO3. The van der Waals surface area contributed by atoms with Gasteiger partial charge in [0, 0.05) is 33.4 Å². The van der Waals surface area contributed by atoms with Gasteiger partial charge in [-0.15, -0.1) is 0 Å². The van der Waals surface area contributed by atoms with Gasteiger partial charge in [0.15, 0.2) is 0 Å². The molecule has 0 radical (unpaired) electrons. The molecule has 36 heavy (non-hydrogen) atoms. The van der Waals surface area contributed by atoms with Crippen molar-refractivity contribution in [2.24, 2.45) is 0 Å². The minimum Gasteiger partial charge on any atom is -0.496 e. The Kier molecular flexibility index (Phi) is 6.89. The van der Waals surface area contributed by atoms with Crippen molar-refractivity contribution in [1.82, 2.24) is 4.90 Å². The van der Waals surface area contributed by atoms with Crippen molar-refractivity contribution in [3.63, 3.8) is 0 Å². The van der Waals surface area contributed by atoms with E-state index in [-0.39, 0.29) is 0 Å². The van der Waals surface area contributed by atoms with Crippen LogP contribution in [0.5, 0.6) is 5.75 Å². The van der Waals surface area contributed by atoms with Crippen LogP contribution in [0.2, 0.25) is 0 Å². The number of para-hydroxylation sites is 1. The maximum Gasteiger partial charge on any atom is 0.139 e. The maximum atomic E-state index is 12.9. The second-order valence-corrected chi connectivity index (χ2v) is 10.5. The van der Waals surface area contributed by atoms with Gasteiger partial charge in [-0.2, -0.15) is 0 Å². The molecule has 0 saturated heterocycles. The molecule has 1 N–H and O–H groups in total. The number of halogens is 1. The average Bonchev–Trinajstić information content (AvgIpc) is 3.37. The number of furan rings is 1. The average molecular weight is 544 g/mol. The van der Waals surface area contributed by atoms with E-state index in [0.29, 0.717) is 18.5 Å². The topological polar surface area (TPSA) is 45.8 Å². The van der Waals surface area contributed by atoms with E-state index in [9.17, 15) is 5.11 Å². The van der Waals surface area contributed by atoms with Crippen molar-refractivity contribution < 1.29 is 14.3 Å². The molecule has 5 aromatic rings. The molecule has 0 aliphatic carbocycles. The molecule has 0 saturated carbocycles. The van der Waals surface area contributed by atoms with Gasteiger partial charge in [0.05, 0.1) is 13.4 Å². The fourth-order valence-corrected chi connectivity index (χ4v) is 5.57. The predicted molar refractivity (Wildman–Crippen MR) is 150 cm³/mol. The lowest BCUT2D eigenvalue weighted by Gasteiger charge is -2.39. The number of fused-ring (bicyclic) bond motifs is 2. The molecule has 0 spiro atoms. The Morgan fingerprint density at radius 2 is 1.72 bits per heavy atom. The summed E-state index contributed by atoms with van der Waals surface area (Å²) in [7, 11) is 5.75. The third-order valence-electron chi connectivity index (χ3n) is 6.96. The predicted octanol–water partition coefficient (Wildman–Crippen LogP) is 7.33. The number of ether oxygens (including phenoxy) is 1. The van der Waals surface area contributed by atoms with Crippen LogP contribution in [0.1, 0.15) is 29.0 Å². The second-order valence-electron chi connectivity index (χ2n) is 9.55. The van der Waals surface area contributed by atoms with Gasteiger partial charge in [0.1, 0.15) is 16.9 Å². The van der Waals surface area contributed by atoms with E-state index in [1.165, 1.54) is 0 Å². The first-order valence-electron chi connectivity index (χ1n) is 12.1. The van der Waals surface area contributed by atoms with Gasteiger partial charge in [0.2, 0.25) is 0 Å². The Morgan fingerprint density at radius 1 is 0.917 bits per heavy atom. The number of methoxy groups -OCH3 is 1. The number of hydrogen-bond donors (Lipinski definition) is 1. The van der Waals surface area contributed by atoms with Crippen molar-refractivity contribution in [2.45, 2.75) is 17.9 Å². The molecule has 184 valence electrons. The van der Waals surface area contributed by atoms with Crippen LogP contribution < -0.4 is 4.74 Å². The first kappa shape index (κ1) is 24.6. The zero-order chi connectivity index (χ0) is 25.3. The molecule has 0 bridgehead atoms. The van der Waals surface area contributed by atoms with Crippen LogP contribution in [0.3, 0.4) is 0 Å². The lowest BCUT2D eigenvalue weighted by atomic mass is 9.71. The van der Waals surface area contributed by atoms with E-state index in [2.05, 4.69) is 57.2 Å². The third-order valence-corrected chi connectivity index (χ3v) is 7.45. The van der Waals surface area contributed by atoms with Gasteiger partial charge in [-0.25, -0.2) is 0 Å². The van der Waals surface area contributed by atoms with Gasteiger partial charge in [-0.05, 0) is 67.2 Å². The summed E-state index contributed by atoms with van der Waals surface area (Å²) in [4.78, 5) is 2.10. The van der Waals surface area contributed by atoms with Crippen molar-refractivity contribution in [1.29, 1.82) is 0 Å². The van der Waals surface area contributed by atoms with Crippen molar-refractivity contribution in [3.05, 3.63) is 112 Å². The van der Waals surface area contributed by atoms with Gasteiger partial charge < -0.3 is 19.2 Å². The van der Waals surface area contributed by atoms with Crippen LogP contribution in [0.15, 0.2) is 100 Å². The first-order valence-corrected chi connectivity index (χ1v) is 12.9. The summed E-state index contributed by atoms with van der Waals surface area (Å²) in [5.74, 6) is 0.334. The quantitative estimate of drug-likeness (QED) is 0.222. The monoisotopic (exact) mass is 543 g/mol. The van der Waals surface area contributed by atoms with Gasteiger partial charge in [-0.1, -0.05) is 70.5 Å². The van der Waals surface area contributed by atoms with Crippen LogP contribution in [-0.4, -0.2) is 37.8 Å². The van der Waals surface area contributed by atoms with Crippen LogP contribution in [0.25, 0.3) is 21.7 Å². The molecular weight excluding hydrogens is 514 g/mol. The highest BCUT2D eigenvalue weighted by Gasteiger charge is 2.43. The summed E-state index contributed by atoms with van der Waals surface area (Å²) in [5, 5.41) is 16.0. The molecule has 0 unspecified atom stereocenters. The number of hydrogen-bond acceptors (Lipinski definition) is 4. The van der Waals surface area contributed by atoms with Crippen LogP contribution >= 0.6 is 15.9 Å². The SMILES string of the molecule is COc1cc2ccc(Br)cc2cc1[C@@H](c1ccccc1)[C@@](O)(CCN(C)C)c1cccc2ccoc12. The fourth-order valence-electron chi connectivity index (χ4n) is 5.19. The highest BCUT2D eigenvalue weighted by atomic mass is 79.9. The Labute approximate surface area is 220 Å². The summed E-state index contributed by atoms with van der Waals surface area (Å²) in [6.45, 7) is 0.693. The summed E-state index contributed by atoms with van der Waals surface area (Å²) in [6.07, 6.45) is 2.19. The van der Waals surface area contributed by atoms with Crippen LogP contribution in [0, 0.1) is 0 Å². The fraction of sp³-hybridized carbons (Fsp3) is 0.226. The van der Waals surface area contributed by atoms with Gasteiger partial charge in [0.25, 0.3) is 0 Å². The summed E-state index contributed by atoms with van der Waals surface area (Å²) >= 11 is 3.62. The van der Waals surface area contributed by atoms with Crippen LogP contribution in [0.4, 0.5) is 0 Å². The smallest absolute Gasteiger partial charge is 0.139 e. The van der Waals surface area contributed by atoms with E-state index in [0.717, 1.165) is 43.1 Å². The molecule has 1 aromatic heterocycles. The lowest BCUT2D eigenvalue weighted by Crippen LogP contribution is -2.38. The van der Waals surface area contributed by atoms with Gasteiger partial charge >= 0.3 is 0 Å². The maximum absolute atomic E-state index is 12.9. The zero-order valence-electron chi connectivity index (χ0n) is 20.7. The molecule has 4 aromatic carbocycles. The Bertz CT molecular complexity index is 1490. The third kappa shape index (κ3) is 4.55. The number of rotatable bonds is 8. The minimum atomic E-state index is -1.28. The molecule has 0 fully saturated rings. The lowest BCUT2D eigenvalue weighted by molar-refractivity contribution is 0.00455. The second kappa shape index (κ2) is 10.1. The summed E-state index contributed by atoms with van der Waals surface area (Å²) < 4.78 is 12.9. The van der Waals surface area contributed by atoms with Gasteiger partial charge in [-0.3, -0.25) is 0 Å². The normalized spacial score (nSPS) is 14.3. The van der Waals surface area contributed by atoms with E-state index >= 15 is 0 Å². The van der Waals surface area contributed by atoms with E-state index in [1.807, 2.05) is 62.6 Å². The van der Waals surface area contributed by atoms with E-state index in [1.54, 1.807) is 13.4 Å². The van der Waals surface area contributed by atoms with E-state index in [4.69, 9.17) is 9.15 Å².